The molecule has 1 fully saturated rings. The Morgan fingerprint density at radius 3 is 2.71 bits per heavy atom. The van der Waals surface area contributed by atoms with Gasteiger partial charge in [-0.15, -0.1) is 0 Å². The number of imide groups is 1. The topological polar surface area (TPSA) is 66.8 Å². The minimum absolute atomic E-state index is 0.162. The summed E-state index contributed by atoms with van der Waals surface area (Å²) >= 11 is 0. The average Bonchev–Trinajstić information content (AvgIpc) is 2.53. The third kappa shape index (κ3) is 2.59. The van der Waals surface area contributed by atoms with Crippen molar-refractivity contribution in [1.82, 2.24) is 4.90 Å². The molecule has 1 saturated heterocycles. The lowest BCUT2D eigenvalue weighted by Gasteiger charge is -2.28. The molecule has 112 valence electrons. The van der Waals surface area contributed by atoms with Crippen LogP contribution in [0, 0.1) is 5.92 Å². The van der Waals surface area contributed by atoms with Gasteiger partial charge in [-0.1, -0.05) is 12.1 Å². The number of rotatable bonds is 2. The molecule has 0 saturated carbocycles. The highest BCUT2D eigenvalue weighted by molar-refractivity contribution is 6.09. The lowest BCUT2D eigenvalue weighted by molar-refractivity contribution is -0.127. The van der Waals surface area contributed by atoms with Crippen LogP contribution in [0.2, 0.25) is 0 Å². The van der Waals surface area contributed by atoms with E-state index in [0.717, 1.165) is 28.9 Å². The van der Waals surface area contributed by atoms with Crippen molar-refractivity contribution < 1.29 is 19.4 Å². The van der Waals surface area contributed by atoms with Crippen molar-refractivity contribution in [3.8, 4) is 0 Å². The van der Waals surface area contributed by atoms with E-state index in [0.29, 0.717) is 18.8 Å². The molecule has 3 rings (SSSR count). The molecule has 0 spiro atoms. The maximum Gasteiger partial charge on any atom is 0.260 e. The lowest BCUT2D eigenvalue weighted by Crippen LogP contribution is -2.39. The number of carbonyl (C=O) groups is 2. The molecular formula is C16H19NO4. The van der Waals surface area contributed by atoms with Crippen molar-refractivity contribution >= 4 is 11.8 Å². The number of likely N-dealkylation sites (N-methyl/N-ethyl adjacent to an activating group) is 1. The summed E-state index contributed by atoms with van der Waals surface area (Å²) in [5, 5.41) is 10.5. The molecule has 0 bridgehead atoms. The van der Waals surface area contributed by atoms with Crippen LogP contribution in [0.3, 0.4) is 0 Å². The van der Waals surface area contributed by atoms with Crippen molar-refractivity contribution in [3.63, 3.8) is 0 Å². The average molecular weight is 289 g/mol. The Morgan fingerprint density at radius 1 is 1.29 bits per heavy atom. The van der Waals surface area contributed by atoms with Gasteiger partial charge >= 0.3 is 0 Å². The minimum Gasteiger partial charge on any atom is -0.388 e. The molecule has 0 radical (unpaired) electrons. The SMILES string of the molecule is CN1C(=O)Cc2ccc(C(O)C3CCOCC3)cc2C1=O. The molecule has 2 amide bonds. The maximum absolute atomic E-state index is 12.2. The second-order valence-corrected chi connectivity index (χ2v) is 5.75. The summed E-state index contributed by atoms with van der Waals surface area (Å²) in [6, 6.07) is 5.35. The van der Waals surface area contributed by atoms with E-state index in [-0.39, 0.29) is 24.2 Å². The number of amides is 2. The zero-order valence-corrected chi connectivity index (χ0v) is 12.0. The summed E-state index contributed by atoms with van der Waals surface area (Å²) in [6.07, 6.45) is 1.30. The quantitative estimate of drug-likeness (QED) is 0.833. The summed E-state index contributed by atoms with van der Waals surface area (Å²) in [4.78, 5) is 25.0. The van der Waals surface area contributed by atoms with Crippen molar-refractivity contribution in [2.24, 2.45) is 5.92 Å². The third-order valence-corrected chi connectivity index (χ3v) is 4.44. The number of ether oxygens (including phenoxy) is 1. The molecule has 1 N–H and O–H groups in total. The van der Waals surface area contributed by atoms with Crippen LogP contribution >= 0.6 is 0 Å². The van der Waals surface area contributed by atoms with Crippen LogP contribution in [0.4, 0.5) is 0 Å². The van der Waals surface area contributed by atoms with Crippen LogP contribution < -0.4 is 0 Å². The van der Waals surface area contributed by atoms with E-state index < -0.39 is 6.10 Å². The number of carbonyl (C=O) groups excluding carboxylic acids is 2. The fourth-order valence-electron chi connectivity index (χ4n) is 3.01. The van der Waals surface area contributed by atoms with Crippen molar-refractivity contribution in [2.75, 3.05) is 20.3 Å². The van der Waals surface area contributed by atoms with Crippen molar-refractivity contribution in [3.05, 3.63) is 34.9 Å². The van der Waals surface area contributed by atoms with Crippen LogP contribution in [-0.2, 0) is 16.0 Å². The first kappa shape index (κ1) is 14.2. The van der Waals surface area contributed by atoms with Crippen LogP contribution in [0.15, 0.2) is 18.2 Å². The molecular weight excluding hydrogens is 270 g/mol. The van der Waals surface area contributed by atoms with E-state index in [1.54, 1.807) is 12.1 Å². The zero-order valence-electron chi connectivity index (χ0n) is 12.0. The Bertz CT molecular complexity index is 578. The van der Waals surface area contributed by atoms with Crippen LogP contribution in [0.5, 0.6) is 0 Å². The summed E-state index contributed by atoms with van der Waals surface area (Å²) < 4.78 is 5.31. The molecule has 2 aliphatic heterocycles. The first-order chi connectivity index (χ1) is 10.1. The number of aliphatic hydroxyl groups is 1. The normalized spacial score (nSPS) is 21.3. The highest BCUT2D eigenvalue weighted by Gasteiger charge is 2.30. The van der Waals surface area contributed by atoms with Gasteiger partial charge in [-0.25, -0.2) is 0 Å². The van der Waals surface area contributed by atoms with Crippen molar-refractivity contribution in [1.29, 1.82) is 0 Å². The monoisotopic (exact) mass is 289 g/mol. The molecule has 2 heterocycles. The summed E-state index contributed by atoms with van der Waals surface area (Å²) in [6.45, 7) is 1.34. The lowest BCUT2D eigenvalue weighted by atomic mass is 9.87. The summed E-state index contributed by atoms with van der Waals surface area (Å²) in [5.41, 5.74) is 2.02. The first-order valence-electron chi connectivity index (χ1n) is 7.27. The van der Waals surface area contributed by atoms with Crippen LogP contribution in [-0.4, -0.2) is 42.1 Å². The Labute approximate surface area is 123 Å². The second-order valence-electron chi connectivity index (χ2n) is 5.75. The van der Waals surface area contributed by atoms with Crippen LogP contribution in [0.25, 0.3) is 0 Å². The van der Waals surface area contributed by atoms with E-state index >= 15 is 0 Å². The highest BCUT2D eigenvalue weighted by Crippen LogP contribution is 2.32. The van der Waals surface area contributed by atoms with Gasteiger partial charge in [0.15, 0.2) is 0 Å². The van der Waals surface area contributed by atoms with Gasteiger partial charge in [0.25, 0.3) is 5.91 Å². The number of nitrogens with zero attached hydrogens (tertiary/aromatic N) is 1. The summed E-state index contributed by atoms with van der Waals surface area (Å²) in [5.74, 6) is -0.317. The van der Waals surface area contributed by atoms with E-state index in [1.165, 1.54) is 7.05 Å². The van der Waals surface area contributed by atoms with E-state index in [9.17, 15) is 14.7 Å². The van der Waals surface area contributed by atoms with Gasteiger partial charge in [0.2, 0.25) is 5.91 Å². The Morgan fingerprint density at radius 2 is 2.00 bits per heavy atom. The largest absolute Gasteiger partial charge is 0.388 e. The Kier molecular flexibility index (Phi) is 3.78. The molecule has 1 unspecified atom stereocenters. The minimum atomic E-state index is -0.588. The zero-order chi connectivity index (χ0) is 15.0. The smallest absolute Gasteiger partial charge is 0.260 e. The van der Waals surface area contributed by atoms with Gasteiger partial charge < -0.3 is 9.84 Å². The molecule has 0 aliphatic carbocycles. The predicted octanol–water partition coefficient (Wildman–Crippen LogP) is 1.30. The number of hydrogen-bond acceptors (Lipinski definition) is 4. The van der Waals surface area contributed by atoms with Gasteiger partial charge in [-0.05, 0) is 36.0 Å². The summed E-state index contributed by atoms with van der Waals surface area (Å²) in [7, 11) is 1.50. The van der Waals surface area contributed by atoms with Gasteiger partial charge in [0, 0.05) is 25.8 Å². The van der Waals surface area contributed by atoms with Gasteiger partial charge in [0.05, 0.1) is 12.5 Å². The number of hydrogen-bond donors (Lipinski definition) is 1. The van der Waals surface area contributed by atoms with Gasteiger partial charge in [0.1, 0.15) is 0 Å². The fourth-order valence-corrected chi connectivity index (χ4v) is 3.01. The molecule has 21 heavy (non-hydrogen) atoms. The van der Waals surface area contributed by atoms with E-state index in [2.05, 4.69) is 0 Å². The molecule has 5 heteroatoms. The molecule has 2 aliphatic rings. The molecule has 1 aromatic rings. The fraction of sp³-hybridized carbons (Fsp3) is 0.500. The molecule has 5 nitrogen and oxygen atoms in total. The van der Waals surface area contributed by atoms with Crippen LogP contribution in [0.1, 0.15) is 40.4 Å². The van der Waals surface area contributed by atoms with Gasteiger partial charge in [-0.3, -0.25) is 14.5 Å². The standard InChI is InChI=1S/C16H19NO4/c1-17-14(18)9-11-2-3-12(8-13(11)16(17)20)15(19)10-4-6-21-7-5-10/h2-3,8,10,15,19H,4-7,9H2,1H3. The van der Waals surface area contributed by atoms with E-state index in [1.807, 2.05) is 6.07 Å². The molecule has 0 aromatic heterocycles. The maximum atomic E-state index is 12.2. The molecule has 1 atom stereocenters. The number of benzene rings is 1. The molecule has 1 aromatic carbocycles. The van der Waals surface area contributed by atoms with Gasteiger partial charge in [-0.2, -0.15) is 0 Å². The number of aliphatic hydroxyl groups excluding tert-OH is 1. The third-order valence-electron chi connectivity index (χ3n) is 4.44. The van der Waals surface area contributed by atoms with E-state index in [4.69, 9.17) is 4.74 Å². The Balaban J connectivity index is 1.88. The Hall–Kier alpha value is -1.72. The predicted molar refractivity (Wildman–Crippen MR) is 75.7 cm³/mol. The highest BCUT2D eigenvalue weighted by atomic mass is 16.5. The van der Waals surface area contributed by atoms with Crippen molar-refractivity contribution in [2.45, 2.75) is 25.4 Å². The first-order valence-corrected chi connectivity index (χ1v) is 7.27. The second kappa shape index (κ2) is 5.58. The number of fused-ring (bicyclic) bond motifs is 1.